The Hall–Kier alpha value is -1.05. The van der Waals surface area contributed by atoms with Gasteiger partial charge >= 0.3 is 0 Å². The molecule has 0 bridgehead atoms. The van der Waals surface area contributed by atoms with Crippen LogP contribution in [0, 0.1) is 17.2 Å². The van der Waals surface area contributed by atoms with E-state index in [1.54, 1.807) is 0 Å². The molecule has 19 heavy (non-hydrogen) atoms. The molecule has 1 aliphatic heterocycles. The number of nitrogens with zero attached hydrogens (tertiary/aromatic N) is 2. The molecule has 2 aliphatic rings. The normalized spacial score (nSPS) is 23.3. The van der Waals surface area contributed by atoms with Crippen LogP contribution in [0.4, 0.5) is 5.69 Å². The Kier molecular flexibility index (Phi) is 3.76. The molecule has 3 nitrogen and oxygen atoms in total. The van der Waals surface area contributed by atoms with Crippen LogP contribution in [0.3, 0.4) is 0 Å². The van der Waals surface area contributed by atoms with Crippen molar-refractivity contribution in [2.75, 3.05) is 25.0 Å². The summed E-state index contributed by atoms with van der Waals surface area (Å²) in [5.41, 5.74) is 1.67. The molecule has 3 rings (SSSR count). The van der Waals surface area contributed by atoms with E-state index in [2.05, 4.69) is 32.2 Å². The molecule has 0 amide bonds. The lowest BCUT2D eigenvalue weighted by molar-refractivity contribution is 0.316. The zero-order valence-corrected chi connectivity index (χ0v) is 12.5. The van der Waals surface area contributed by atoms with Gasteiger partial charge in [0.1, 0.15) is 6.07 Å². The fraction of sp³-hybridized carbons (Fsp3) is 0.533. The number of anilines is 1. The number of nitriles is 1. The van der Waals surface area contributed by atoms with Gasteiger partial charge < -0.3 is 10.2 Å². The number of benzene rings is 1. The monoisotopic (exact) mass is 319 g/mol. The number of halogens is 1. The van der Waals surface area contributed by atoms with Gasteiger partial charge in [-0.2, -0.15) is 5.26 Å². The minimum atomic E-state index is 0.714. The van der Waals surface area contributed by atoms with Crippen LogP contribution >= 0.6 is 15.9 Å². The number of likely N-dealkylation sites (tertiary alicyclic amines) is 1. The first-order chi connectivity index (χ1) is 9.26. The summed E-state index contributed by atoms with van der Waals surface area (Å²) < 4.78 is 1.01. The zero-order valence-electron chi connectivity index (χ0n) is 10.9. The lowest BCUT2D eigenvalue weighted by Gasteiger charge is -2.16. The van der Waals surface area contributed by atoms with Gasteiger partial charge in [-0.15, -0.1) is 0 Å². The van der Waals surface area contributed by atoms with Crippen LogP contribution in [0.1, 0.15) is 24.8 Å². The molecule has 1 aliphatic carbocycles. The standard InChI is InChI=1S/C15H18BrN3/c16-13-2-1-12(8-17)15(7-13)18-9-11-5-6-19(10-11)14-3-4-14/h1-2,7,11,14,18H,3-6,9-10H2. The minimum absolute atomic E-state index is 0.714. The Morgan fingerprint density at radius 1 is 1.37 bits per heavy atom. The number of rotatable bonds is 4. The highest BCUT2D eigenvalue weighted by atomic mass is 79.9. The Morgan fingerprint density at radius 3 is 2.95 bits per heavy atom. The van der Waals surface area contributed by atoms with E-state index in [0.29, 0.717) is 5.92 Å². The highest BCUT2D eigenvalue weighted by molar-refractivity contribution is 9.10. The molecule has 4 heteroatoms. The van der Waals surface area contributed by atoms with Crippen molar-refractivity contribution in [3.63, 3.8) is 0 Å². The molecule has 1 heterocycles. The predicted molar refractivity (Wildman–Crippen MR) is 80.0 cm³/mol. The average Bonchev–Trinajstić information content (AvgIpc) is 3.16. The summed E-state index contributed by atoms with van der Waals surface area (Å²) in [6.07, 6.45) is 4.06. The molecule has 100 valence electrons. The predicted octanol–water partition coefficient (Wildman–Crippen LogP) is 3.22. The van der Waals surface area contributed by atoms with Crippen LogP contribution in [0.2, 0.25) is 0 Å². The smallest absolute Gasteiger partial charge is 0.101 e. The first kappa shape index (κ1) is 13.0. The zero-order chi connectivity index (χ0) is 13.2. The quantitative estimate of drug-likeness (QED) is 0.926. The molecular weight excluding hydrogens is 302 g/mol. The van der Waals surface area contributed by atoms with Gasteiger partial charge in [-0.1, -0.05) is 15.9 Å². The van der Waals surface area contributed by atoms with Crippen molar-refractivity contribution in [1.29, 1.82) is 5.26 Å². The summed E-state index contributed by atoms with van der Waals surface area (Å²) in [6, 6.07) is 8.88. The fourth-order valence-corrected chi connectivity index (χ4v) is 3.18. The van der Waals surface area contributed by atoms with Crippen molar-refractivity contribution in [3.05, 3.63) is 28.2 Å². The molecule has 1 N–H and O–H groups in total. The number of hydrogen-bond donors (Lipinski definition) is 1. The lowest BCUT2D eigenvalue weighted by atomic mass is 10.1. The summed E-state index contributed by atoms with van der Waals surface area (Å²) in [4.78, 5) is 2.62. The molecule has 1 unspecified atom stereocenters. The van der Waals surface area contributed by atoms with Gasteiger partial charge in [0, 0.05) is 23.6 Å². The second-order valence-electron chi connectivity index (χ2n) is 5.56. The van der Waals surface area contributed by atoms with Gasteiger partial charge in [0.25, 0.3) is 0 Å². The van der Waals surface area contributed by atoms with E-state index in [4.69, 9.17) is 5.26 Å². The van der Waals surface area contributed by atoms with Crippen molar-refractivity contribution >= 4 is 21.6 Å². The maximum atomic E-state index is 9.11. The van der Waals surface area contributed by atoms with Crippen molar-refractivity contribution < 1.29 is 0 Å². The number of hydrogen-bond acceptors (Lipinski definition) is 3. The fourth-order valence-electron chi connectivity index (χ4n) is 2.82. The van der Waals surface area contributed by atoms with E-state index in [-0.39, 0.29) is 0 Å². The van der Waals surface area contributed by atoms with Crippen molar-refractivity contribution in [2.45, 2.75) is 25.3 Å². The van der Waals surface area contributed by atoms with Crippen molar-refractivity contribution in [1.82, 2.24) is 4.90 Å². The first-order valence-corrected chi connectivity index (χ1v) is 7.73. The largest absolute Gasteiger partial charge is 0.384 e. The molecule has 1 saturated heterocycles. The maximum Gasteiger partial charge on any atom is 0.101 e. The Labute approximate surface area is 122 Å². The topological polar surface area (TPSA) is 39.1 Å². The van der Waals surface area contributed by atoms with E-state index < -0.39 is 0 Å². The van der Waals surface area contributed by atoms with E-state index in [1.165, 1.54) is 32.4 Å². The van der Waals surface area contributed by atoms with Crippen molar-refractivity contribution in [3.8, 4) is 6.07 Å². The molecule has 0 spiro atoms. The molecule has 0 aromatic heterocycles. The Balaban J connectivity index is 1.57. The van der Waals surface area contributed by atoms with Crippen LogP contribution < -0.4 is 5.32 Å². The van der Waals surface area contributed by atoms with Gasteiger partial charge in [0.05, 0.1) is 11.3 Å². The van der Waals surface area contributed by atoms with E-state index in [0.717, 1.165) is 28.3 Å². The second kappa shape index (κ2) is 5.52. The summed E-state index contributed by atoms with van der Waals surface area (Å²) in [5, 5.41) is 12.6. The summed E-state index contributed by atoms with van der Waals surface area (Å²) >= 11 is 3.46. The Bertz CT molecular complexity index is 505. The van der Waals surface area contributed by atoms with Gasteiger partial charge in [-0.05, 0) is 49.9 Å². The molecule has 1 aromatic rings. The third kappa shape index (κ3) is 3.10. The van der Waals surface area contributed by atoms with E-state index in [1.807, 2.05) is 18.2 Å². The van der Waals surface area contributed by atoms with Gasteiger partial charge in [-0.3, -0.25) is 0 Å². The molecule has 0 radical (unpaired) electrons. The summed E-state index contributed by atoms with van der Waals surface area (Å²) in [6.45, 7) is 3.43. The van der Waals surface area contributed by atoms with Crippen LogP contribution in [-0.2, 0) is 0 Å². The SMILES string of the molecule is N#Cc1ccc(Br)cc1NCC1CCN(C2CC2)C1. The third-order valence-corrected chi connectivity index (χ3v) is 4.56. The lowest BCUT2D eigenvalue weighted by Crippen LogP contribution is -2.24. The van der Waals surface area contributed by atoms with Gasteiger partial charge in [0.15, 0.2) is 0 Å². The first-order valence-electron chi connectivity index (χ1n) is 6.94. The molecule has 1 atom stereocenters. The second-order valence-corrected chi connectivity index (χ2v) is 6.48. The highest BCUT2D eigenvalue weighted by Crippen LogP contribution is 2.32. The van der Waals surface area contributed by atoms with Crippen LogP contribution in [-0.4, -0.2) is 30.6 Å². The minimum Gasteiger partial charge on any atom is -0.384 e. The van der Waals surface area contributed by atoms with Crippen LogP contribution in [0.25, 0.3) is 0 Å². The summed E-state index contributed by atoms with van der Waals surface area (Å²) in [5.74, 6) is 0.714. The van der Waals surface area contributed by atoms with Gasteiger partial charge in [0.2, 0.25) is 0 Å². The summed E-state index contributed by atoms with van der Waals surface area (Å²) in [7, 11) is 0. The molecule has 2 fully saturated rings. The molecular formula is C15H18BrN3. The number of nitrogens with one attached hydrogen (secondary N) is 1. The van der Waals surface area contributed by atoms with Crippen molar-refractivity contribution in [2.24, 2.45) is 5.92 Å². The van der Waals surface area contributed by atoms with Crippen LogP contribution in [0.5, 0.6) is 0 Å². The van der Waals surface area contributed by atoms with Gasteiger partial charge in [-0.25, -0.2) is 0 Å². The van der Waals surface area contributed by atoms with Crippen LogP contribution in [0.15, 0.2) is 22.7 Å². The Morgan fingerprint density at radius 2 is 2.21 bits per heavy atom. The average molecular weight is 320 g/mol. The maximum absolute atomic E-state index is 9.11. The molecule has 1 aromatic carbocycles. The molecule has 1 saturated carbocycles. The van der Waals surface area contributed by atoms with E-state index in [9.17, 15) is 0 Å². The highest BCUT2D eigenvalue weighted by Gasteiger charge is 2.34. The third-order valence-electron chi connectivity index (χ3n) is 4.06. The van der Waals surface area contributed by atoms with E-state index >= 15 is 0 Å².